The van der Waals surface area contributed by atoms with E-state index >= 15 is 0 Å². The second-order valence-corrected chi connectivity index (χ2v) is 3.93. The number of rotatable bonds is 3. The van der Waals surface area contributed by atoms with Crippen molar-refractivity contribution in [1.29, 1.82) is 0 Å². The van der Waals surface area contributed by atoms with Crippen LogP contribution in [0.2, 0.25) is 0 Å². The van der Waals surface area contributed by atoms with Gasteiger partial charge in [0.05, 0.1) is 5.56 Å². The van der Waals surface area contributed by atoms with Crippen molar-refractivity contribution in [2.45, 2.75) is 13.3 Å². The minimum atomic E-state index is -0.144. The Labute approximate surface area is 91.4 Å². The molecule has 0 amide bonds. The Balaban J connectivity index is 3.31. The lowest BCUT2D eigenvalue weighted by atomic mass is 10.0. The maximum atomic E-state index is 11.2. The summed E-state index contributed by atoms with van der Waals surface area (Å²) in [5, 5.41) is 9.73. The molecule has 0 aliphatic carbocycles. The molecule has 0 aliphatic rings. The molecule has 3 heteroatoms. The standard InChI is InChI=1S/C11H11BrO2/c1-3-4-8-5-9(12)6-10(7(2)13)11(8)14/h3,5-6,14H,1,4H2,2H3. The second kappa shape index (κ2) is 4.42. The molecule has 0 spiro atoms. The summed E-state index contributed by atoms with van der Waals surface area (Å²) in [5.41, 5.74) is 1.05. The fourth-order valence-corrected chi connectivity index (χ4v) is 1.74. The van der Waals surface area contributed by atoms with Crippen LogP contribution in [0.3, 0.4) is 0 Å². The van der Waals surface area contributed by atoms with Gasteiger partial charge in [-0.3, -0.25) is 4.79 Å². The highest BCUT2D eigenvalue weighted by Crippen LogP contribution is 2.28. The third-order valence-corrected chi connectivity index (χ3v) is 2.36. The van der Waals surface area contributed by atoms with Crippen LogP contribution in [0.4, 0.5) is 0 Å². The summed E-state index contributed by atoms with van der Waals surface area (Å²) >= 11 is 3.29. The van der Waals surface area contributed by atoms with E-state index in [1.165, 1.54) is 6.92 Å². The molecule has 0 heterocycles. The number of carbonyl (C=O) groups is 1. The highest BCUT2D eigenvalue weighted by molar-refractivity contribution is 9.10. The average molecular weight is 255 g/mol. The third-order valence-electron chi connectivity index (χ3n) is 1.90. The fourth-order valence-electron chi connectivity index (χ4n) is 1.24. The summed E-state index contributed by atoms with van der Waals surface area (Å²) in [5.74, 6) is -0.0882. The monoisotopic (exact) mass is 254 g/mol. The summed E-state index contributed by atoms with van der Waals surface area (Å²) < 4.78 is 0.789. The predicted molar refractivity (Wildman–Crippen MR) is 59.7 cm³/mol. The van der Waals surface area contributed by atoms with Gasteiger partial charge < -0.3 is 5.11 Å². The predicted octanol–water partition coefficient (Wildman–Crippen LogP) is 3.09. The van der Waals surface area contributed by atoms with Gasteiger partial charge in [0.25, 0.3) is 0 Å². The lowest BCUT2D eigenvalue weighted by Crippen LogP contribution is -1.96. The van der Waals surface area contributed by atoms with E-state index < -0.39 is 0 Å². The number of carbonyl (C=O) groups excluding carboxylic acids is 1. The first-order chi connectivity index (χ1) is 6.56. The van der Waals surface area contributed by atoms with Crippen LogP contribution in [0.1, 0.15) is 22.8 Å². The number of Topliss-reactive ketones (excluding diaryl/α,β-unsaturated/α-hetero) is 1. The van der Waals surface area contributed by atoms with E-state index in [0.29, 0.717) is 17.5 Å². The Hall–Kier alpha value is -1.09. The number of hydrogen-bond donors (Lipinski definition) is 1. The first-order valence-corrected chi connectivity index (χ1v) is 4.98. The molecule has 2 nitrogen and oxygen atoms in total. The van der Waals surface area contributed by atoms with E-state index in [-0.39, 0.29) is 11.5 Å². The van der Waals surface area contributed by atoms with E-state index in [1.807, 2.05) is 0 Å². The van der Waals surface area contributed by atoms with Gasteiger partial charge in [-0.1, -0.05) is 22.0 Å². The molecule has 1 N–H and O–H groups in total. The Morgan fingerprint density at radius 1 is 1.64 bits per heavy atom. The van der Waals surface area contributed by atoms with Gasteiger partial charge in [0, 0.05) is 4.47 Å². The minimum Gasteiger partial charge on any atom is -0.507 e. The van der Waals surface area contributed by atoms with Crippen molar-refractivity contribution in [2.75, 3.05) is 0 Å². The largest absolute Gasteiger partial charge is 0.507 e. The van der Waals surface area contributed by atoms with E-state index in [9.17, 15) is 9.90 Å². The molecular formula is C11H11BrO2. The number of benzene rings is 1. The summed E-state index contributed by atoms with van der Waals surface area (Å²) in [7, 11) is 0. The van der Waals surface area contributed by atoms with Crippen molar-refractivity contribution < 1.29 is 9.90 Å². The van der Waals surface area contributed by atoms with Crippen LogP contribution in [0, 0.1) is 0 Å². The molecule has 0 saturated heterocycles. The zero-order chi connectivity index (χ0) is 10.7. The molecule has 0 unspecified atom stereocenters. The maximum Gasteiger partial charge on any atom is 0.163 e. The van der Waals surface area contributed by atoms with Crippen LogP contribution in [0.25, 0.3) is 0 Å². The molecule has 0 aliphatic heterocycles. The molecule has 0 saturated carbocycles. The number of hydrogen-bond acceptors (Lipinski definition) is 2. The Morgan fingerprint density at radius 2 is 2.29 bits per heavy atom. The van der Waals surface area contributed by atoms with Crippen LogP contribution >= 0.6 is 15.9 Å². The van der Waals surface area contributed by atoms with Gasteiger partial charge in [-0.05, 0) is 31.0 Å². The van der Waals surface area contributed by atoms with Gasteiger partial charge in [-0.15, -0.1) is 6.58 Å². The smallest absolute Gasteiger partial charge is 0.163 e. The van der Waals surface area contributed by atoms with Crippen LogP contribution in [0.5, 0.6) is 5.75 Å². The number of aromatic hydroxyl groups is 1. The fraction of sp³-hybridized carbons (Fsp3) is 0.182. The van der Waals surface area contributed by atoms with Gasteiger partial charge in [0.2, 0.25) is 0 Å². The van der Waals surface area contributed by atoms with Crippen molar-refractivity contribution in [2.24, 2.45) is 0 Å². The van der Waals surface area contributed by atoms with Crippen molar-refractivity contribution in [1.82, 2.24) is 0 Å². The molecule has 1 rings (SSSR count). The Bertz CT molecular complexity index is 383. The van der Waals surface area contributed by atoms with Crippen LogP contribution in [0.15, 0.2) is 29.3 Å². The summed E-state index contributed by atoms with van der Waals surface area (Å²) in [4.78, 5) is 11.2. The van der Waals surface area contributed by atoms with E-state index in [4.69, 9.17) is 0 Å². The molecule has 74 valence electrons. The zero-order valence-corrected chi connectivity index (χ0v) is 9.47. The van der Waals surface area contributed by atoms with E-state index in [2.05, 4.69) is 22.5 Å². The van der Waals surface area contributed by atoms with Crippen LogP contribution in [-0.2, 0) is 6.42 Å². The molecule has 0 aromatic heterocycles. The first-order valence-electron chi connectivity index (χ1n) is 4.19. The summed E-state index contributed by atoms with van der Waals surface area (Å²) in [6.07, 6.45) is 2.23. The summed E-state index contributed by atoms with van der Waals surface area (Å²) in [6, 6.07) is 3.40. The first kappa shape index (κ1) is 11.0. The average Bonchev–Trinajstić information content (AvgIpc) is 2.10. The molecule has 0 atom stereocenters. The van der Waals surface area contributed by atoms with Crippen molar-refractivity contribution >= 4 is 21.7 Å². The van der Waals surface area contributed by atoms with Gasteiger partial charge in [-0.2, -0.15) is 0 Å². The second-order valence-electron chi connectivity index (χ2n) is 3.01. The summed E-state index contributed by atoms with van der Waals surface area (Å²) in [6.45, 7) is 5.02. The molecule has 1 aromatic carbocycles. The maximum absolute atomic E-state index is 11.2. The van der Waals surface area contributed by atoms with Crippen molar-refractivity contribution in [3.63, 3.8) is 0 Å². The van der Waals surface area contributed by atoms with Crippen LogP contribution in [-0.4, -0.2) is 10.9 Å². The number of allylic oxidation sites excluding steroid dienone is 1. The minimum absolute atomic E-state index is 0.0561. The molecule has 1 aromatic rings. The Morgan fingerprint density at radius 3 is 2.79 bits per heavy atom. The number of ketones is 1. The van der Waals surface area contributed by atoms with E-state index in [0.717, 1.165) is 4.47 Å². The molecule has 0 bridgehead atoms. The Kier molecular flexibility index (Phi) is 3.47. The molecule has 0 fully saturated rings. The third kappa shape index (κ3) is 2.23. The SMILES string of the molecule is C=CCc1cc(Br)cc(C(C)=O)c1O. The highest BCUT2D eigenvalue weighted by atomic mass is 79.9. The normalized spacial score (nSPS) is 9.86. The van der Waals surface area contributed by atoms with Crippen molar-refractivity contribution in [3.05, 3.63) is 40.4 Å². The number of phenols is 1. The quantitative estimate of drug-likeness (QED) is 0.665. The molecule has 0 radical (unpaired) electrons. The lowest BCUT2D eigenvalue weighted by molar-refractivity contribution is 0.101. The molecule has 14 heavy (non-hydrogen) atoms. The number of halogens is 1. The topological polar surface area (TPSA) is 37.3 Å². The zero-order valence-electron chi connectivity index (χ0n) is 7.88. The van der Waals surface area contributed by atoms with Crippen LogP contribution < -0.4 is 0 Å². The van der Waals surface area contributed by atoms with Crippen molar-refractivity contribution in [3.8, 4) is 5.75 Å². The number of phenolic OH excluding ortho intramolecular Hbond substituents is 1. The van der Waals surface area contributed by atoms with Gasteiger partial charge in [0.1, 0.15) is 5.75 Å². The van der Waals surface area contributed by atoms with Gasteiger partial charge in [0.15, 0.2) is 5.78 Å². The van der Waals surface area contributed by atoms with Gasteiger partial charge >= 0.3 is 0 Å². The lowest BCUT2D eigenvalue weighted by Gasteiger charge is -2.07. The molecular weight excluding hydrogens is 244 g/mol. The van der Waals surface area contributed by atoms with E-state index in [1.54, 1.807) is 18.2 Å². The highest BCUT2D eigenvalue weighted by Gasteiger charge is 2.11. The van der Waals surface area contributed by atoms with Gasteiger partial charge in [-0.25, -0.2) is 0 Å².